The van der Waals surface area contributed by atoms with E-state index in [0.717, 1.165) is 19.3 Å². The Morgan fingerprint density at radius 1 is 1.40 bits per heavy atom. The molecule has 2 bridgehead atoms. The number of hydrogen-bond donors (Lipinski definition) is 1. The summed E-state index contributed by atoms with van der Waals surface area (Å²) in [5.41, 5.74) is 0.278. The number of hydrogen-bond acceptors (Lipinski definition) is 4. The van der Waals surface area contributed by atoms with E-state index >= 15 is 0 Å². The van der Waals surface area contributed by atoms with Gasteiger partial charge in [-0.2, -0.15) is 0 Å². The molecule has 25 heavy (non-hydrogen) atoms. The summed E-state index contributed by atoms with van der Waals surface area (Å²) >= 11 is 8.86. The quantitative estimate of drug-likeness (QED) is 0.596. The summed E-state index contributed by atoms with van der Waals surface area (Å²) < 4.78 is 5.95. The van der Waals surface area contributed by atoms with Gasteiger partial charge in [0.1, 0.15) is 17.0 Å². The van der Waals surface area contributed by atoms with Crippen LogP contribution in [0.4, 0.5) is 0 Å². The molecule has 4 rings (SSSR count). The molecule has 0 radical (unpaired) electrons. The highest BCUT2D eigenvalue weighted by molar-refractivity contribution is 9.10. The van der Waals surface area contributed by atoms with Crippen molar-refractivity contribution in [1.29, 1.82) is 0 Å². The fourth-order valence-electron chi connectivity index (χ4n) is 5.26. The zero-order valence-electron chi connectivity index (χ0n) is 14.3. The minimum Gasteiger partial charge on any atom is -0.465 e. The molecule has 2 saturated carbocycles. The predicted molar refractivity (Wildman–Crippen MR) is 102 cm³/mol. The topological polar surface area (TPSA) is 49.8 Å². The molecule has 3 fully saturated rings. The Hall–Kier alpha value is -0.980. The second-order valence-electron chi connectivity index (χ2n) is 7.92. The van der Waals surface area contributed by atoms with Gasteiger partial charge in [-0.05, 0) is 48.4 Å². The second-order valence-corrected chi connectivity index (χ2v) is 9.26. The second kappa shape index (κ2) is 5.76. The van der Waals surface area contributed by atoms with Crippen LogP contribution in [0.25, 0.3) is 0 Å². The van der Waals surface area contributed by atoms with Gasteiger partial charge in [0.2, 0.25) is 5.91 Å². The number of ether oxygens (including phenoxy) is 1. The van der Waals surface area contributed by atoms with Crippen molar-refractivity contribution in [2.24, 2.45) is 11.3 Å². The van der Waals surface area contributed by atoms with Crippen LogP contribution < -0.4 is 0 Å². The molecule has 1 amide bonds. The third-order valence-corrected chi connectivity index (χ3v) is 7.91. The number of fused-ring (bicyclic) bond motifs is 1. The number of benzene rings is 1. The normalized spacial score (nSPS) is 34.6. The first-order chi connectivity index (χ1) is 11.8. The molecular weight excluding hydrogens is 402 g/mol. The highest BCUT2D eigenvalue weighted by atomic mass is 79.9. The Morgan fingerprint density at radius 2 is 2.08 bits per heavy atom. The number of carbonyl (C=O) groups excluding carboxylic acids is 1. The van der Waals surface area contributed by atoms with E-state index in [-0.39, 0.29) is 28.1 Å². The largest absolute Gasteiger partial charge is 0.465 e. The predicted octanol–water partition coefficient (Wildman–Crippen LogP) is 3.57. The number of rotatable bonds is 3. The molecule has 0 aromatic heterocycles. The molecule has 0 unspecified atom stereocenters. The molecule has 2 aliphatic carbocycles. The van der Waals surface area contributed by atoms with Crippen LogP contribution in [-0.2, 0) is 9.53 Å². The summed E-state index contributed by atoms with van der Waals surface area (Å²) in [5, 5.41) is 10.9. The minimum atomic E-state index is -0.936. The number of aliphatic hydroxyl groups is 1. The van der Waals surface area contributed by atoms with Crippen LogP contribution in [0.1, 0.15) is 44.8 Å². The third kappa shape index (κ3) is 2.20. The van der Waals surface area contributed by atoms with Crippen molar-refractivity contribution in [3.63, 3.8) is 0 Å². The molecule has 4 nitrogen and oxygen atoms in total. The summed E-state index contributed by atoms with van der Waals surface area (Å²) in [6.07, 6.45) is 1.99. The van der Waals surface area contributed by atoms with Gasteiger partial charge in [-0.25, -0.2) is 0 Å². The first kappa shape index (κ1) is 17.4. The Bertz CT molecular complexity index is 725. The average molecular weight is 424 g/mol. The Labute approximate surface area is 161 Å². The number of aliphatic hydroxyl groups excluding tert-OH is 1. The molecule has 1 spiro atoms. The van der Waals surface area contributed by atoms with Crippen molar-refractivity contribution in [1.82, 2.24) is 4.90 Å². The number of alkyl halides is 1. The molecule has 1 aliphatic heterocycles. The highest BCUT2D eigenvalue weighted by Crippen LogP contribution is 2.66. The lowest BCUT2D eigenvalue weighted by Crippen LogP contribution is -2.59. The van der Waals surface area contributed by atoms with Crippen molar-refractivity contribution >= 4 is 39.2 Å². The van der Waals surface area contributed by atoms with Crippen LogP contribution in [-0.4, -0.2) is 37.6 Å². The lowest BCUT2D eigenvalue weighted by molar-refractivity contribution is -0.134. The standard InChI is InChI=1S/C19H22BrNO3S/c1-18(2)12-8-9-19(18)13(10-12)24-17(25)21(19)16(23)14(20)15(22)11-6-4-3-5-7-11/h3-7,12-15,22H,8-10H2,1-2H3/t12-,13-,14-,15+,19+/m1/s1. The van der Waals surface area contributed by atoms with Gasteiger partial charge in [-0.1, -0.05) is 60.1 Å². The fraction of sp³-hybridized carbons (Fsp3) is 0.579. The Balaban J connectivity index is 1.66. The van der Waals surface area contributed by atoms with Crippen molar-refractivity contribution in [2.75, 3.05) is 0 Å². The average Bonchev–Trinajstić information content (AvgIpc) is 3.12. The van der Waals surface area contributed by atoms with Gasteiger partial charge < -0.3 is 9.84 Å². The lowest BCUT2D eigenvalue weighted by atomic mass is 9.74. The van der Waals surface area contributed by atoms with Crippen molar-refractivity contribution in [2.45, 2.75) is 55.7 Å². The molecule has 1 aromatic carbocycles. The van der Waals surface area contributed by atoms with Gasteiger partial charge in [0.05, 0.1) is 5.54 Å². The summed E-state index contributed by atoms with van der Waals surface area (Å²) in [6.45, 7) is 4.44. The van der Waals surface area contributed by atoms with Crippen molar-refractivity contribution in [3.05, 3.63) is 35.9 Å². The van der Waals surface area contributed by atoms with E-state index in [4.69, 9.17) is 17.0 Å². The van der Waals surface area contributed by atoms with Crippen LogP contribution in [0.5, 0.6) is 0 Å². The Morgan fingerprint density at radius 3 is 2.72 bits per heavy atom. The molecule has 1 heterocycles. The fourth-order valence-corrected chi connectivity index (χ4v) is 6.14. The molecular formula is C19H22BrNO3S. The SMILES string of the molecule is CC1(C)[C@@H]2CC[C@]13[C@@H](C2)OC(=S)N3C(=O)[C@H](Br)[C@@H](O)c1ccccc1. The van der Waals surface area contributed by atoms with Gasteiger partial charge in [0.15, 0.2) is 0 Å². The maximum absolute atomic E-state index is 13.3. The van der Waals surface area contributed by atoms with E-state index in [0.29, 0.717) is 11.5 Å². The number of amides is 1. The molecule has 1 saturated heterocycles. The van der Waals surface area contributed by atoms with Gasteiger partial charge in [-0.3, -0.25) is 9.69 Å². The molecule has 5 atom stereocenters. The van der Waals surface area contributed by atoms with Crippen LogP contribution in [0, 0.1) is 11.3 Å². The number of carbonyl (C=O) groups is 1. The van der Waals surface area contributed by atoms with E-state index in [2.05, 4.69) is 29.8 Å². The van der Waals surface area contributed by atoms with E-state index in [1.54, 1.807) is 4.90 Å². The monoisotopic (exact) mass is 423 g/mol. The zero-order valence-corrected chi connectivity index (χ0v) is 16.7. The van der Waals surface area contributed by atoms with Gasteiger partial charge in [0, 0.05) is 0 Å². The van der Waals surface area contributed by atoms with Crippen LogP contribution in [0.3, 0.4) is 0 Å². The van der Waals surface area contributed by atoms with Crippen LogP contribution in [0.2, 0.25) is 0 Å². The minimum absolute atomic E-state index is 0.0220. The first-order valence-corrected chi connectivity index (χ1v) is 10.0. The highest BCUT2D eigenvalue weighted by Gasteiger charge is 2.73. The van der Waals surface area contributed by atoms with E-state index in [9.17, 15) is 9.90 Å². The zero-order chi connectivity index (χ0) is 18.0. The third-order valence-electron chi connectivity index (χ3n) is 6.74. The molecule has 3 aliphatic rings. The Kier molecular flexibility index (Phi) is 4.02. The van der Waals surface area contributed by atoms with E-state index < -0.39 is 10.9 Å². The summed E-state index contributed by atoms with van der Waals surface area (Å²) in [5.74, 6) is 0.336. The molecule has 134 valence electrons. The number of nitrogens with zero attached hydrogens (tertiary/aromatic N) is 1. The van der Waals surface area contributed by atoms with E-state index in [1.807, 2.05) is 30.3 Å². The molecule has 1 N–H and O–H groups in total. The van der Waals surface area contributed by atoms with Crippen molar-refractivity contribution < 1.29 is 14.6 Å². The maximum Gasteiger partial charge on any atom is 0.267 e. The van der Waals surface area contributed by atoms with Crippen LogP contribution in [0.15, 0.2) is 30.3 Å². The van der Waals surface area contributed by atoms with Crippen molar-refractivity contribution in [3.8, 4) is 0 Å². The van der Waals surface area contributed by atoms with Gasteiger partial charge >= 0.3 is 0 Å². The van der Waals surface area contributed by atoms with Gasteiger partial charge in [0.25, 0.3) is 5.17 Å². The number of halogens is 1. The lowest BCUT2D eigenvalue weighted by Gasteiger charge is -2.43. The summed E-state index contributed by atoms with van der Waals surface area (Å²) in [4.78, 5) is 14.3. The van der Waals surface area contributed by atoms with Gasteiger partial charge in [-0.15, -0.1) is 0 Å². The first-order valence-electron chi connectivity index (χ1n) is 8.72. The molecule has 1 aromatic rings. The maximum atomic E-state index is 13.3. The summed E-state index contributed by atoms with van der Waals surface area (Å²) in [7, 11) is 0. The van der Waals surface area contributed by atoms with E-state index in [1.165, 1.54) is 0 Å². The smallest absolute Gasteiger partial charge is 0.267 e. The summed E-state index contributed by atoms with van der Waals surface area (Å²) in [6, 6.07) is 9.22. The number of thiocarbonyl (C=S) groups is 1. The molecule has 6 heteroatoms. The van der Waals surface area contributed by atoms with Crippen LogP contribution >= 0.6 is 28.1 Å².